The summed E-state index contributed by atoms with van der Waals surface area (Å²) in [7, 11) is 0. The number of amides is 2. The summed E-state index contributed by atoms with van der Waals surface area (Å²) in [4.78, 5) is 27.4. The summed E-state index contributed by atoms with van der Waals surface area (Å²) in [5.74, 6) is -2.11. The SMILES string of the molecule is CC1=NN(c2ccccc2)C(=O)[C@H]1C(c1ccc(O)cc1)[C@H]1C(=O)N(c2ccccc2)N=C1C. The Hall–Kier alpha value is -4.26. The molecular weight excluding hydrogens is 428 g/mol. The fraction of sp³-hybridized carbons (Fsp3) is 0.185. The normalized spacial score (nSPS) is 21.0. The summed E-state index contributed by atoms with van der Waals surface area (Å²) in [5, 5.41) is 21.8. The van der Waals surface area contributed by atoms with Crippen LogP contribution in [0.1, 0.15) is 25.3 Å². The molecule has 3 aromatic carbocycles. The molecule has 0 spiro atoms. The van der Waals surface area contributed by atoms with Gasteiger partial charge in [0.05, 0.1) is 23.2 Å². The predicted octanol–water partition coefficient (Wildman–Crippen LogP) is 4.55. The average molecular weight is 453 g/mol. The minimum atomic E-state index is -0.653. The quantitative estimate of drug-likeness (QED) is 0.616. The lowest BCUT2D eigenvalue weighted by atomic mass is 9.73. The van der Waals surface area contributed by atoms with Crippen LogP contribution in [0.3, 0.4) is 0 Å². The van der Waals surface area contributed by atoms with Gasteiger partial charge in [0, 0.05) is 17.3 Å². The molecule has 2 heterocycles. The molecule has 7 nitrogen and oxygen atoms in total. The lowest BCUT2D eigenvalue weighted by molar-refractivity contribution is -0.122. The van der Waals surface area contributed by atoms with Crippen LogP contribution in [0.25, 0.3) is 0 Å². The number of para-hydroxylation sites is 2. The smallest absolute Gasteiger partial charge is 0.256 e. The van der Waals surface area contributed by atoms with Gasteiger partial charge in [-0.25, -0.2) is 10.0 Å². The lowest BCUT2D eigenvalue weighted by Crippen LogP contribution is -2.40. The molecule has 1 N–H and O–H groups in total. The molecule has 0 saturated carbocycles. The van der Waals surface area contributed by atoms with Crippen LogP contribution in [0.5, 0.6) is 5.75 Å². The number of phenols is 1. The van der Waals surface area contributed by atoms with Crippen molar-refractivity contribution in [3.05, 3.63) is 90.5 Å². The van der Waals surface area contributed by atoms with E-state index in [0.717, 1.165) is 5.56 Å². The maximum Gasteiger partial charge on any atom is 0.256 e. The Labute approximate surface area is 197 Å². The number of carbonyl (C=O) groups is 2. The third kappa shape index (κ3) is 3.65. The van der Waals surface area contributed by atoms with E-state index in [9.17, 15) is 14.7 Å². The number of hydrogen-bond donors (Lipinski definition) is 1. The molecule has 34 heavy (non-hydrogen) atoms. The van der Waals surface area contributed by atoms with Gasteiger partial charge < -0.3 is 5.11 Å². The highest BCUT2D eigenvalue weighted by Crippen LogP contribution is 2.42. The van der Waals surface area contributed by atoms with Gasteiger partial charge >= 0.3 is 0 Å². The van der Waals surface area contributed by atoms with E-state index < -0.39 is 17.8 Å². The van der Waals surface area contributed by atoms with E-state index >= 15 is 0 Å². The molecule has 2 aliphatic rings. The highest BCUT2D eigenvalue weighted by molar-refractivity contribution is 6.19. The number of anilines is 2. The third-order valence-electron chi connectivity index (χ3n) is 6.36. The predicted molar refractivity (Wildman–Crippen MR) is 132 cm³/mol. The molecule has 0 radical (unpaired) electrons. The molecule has 5 rings (SSSR count). The van der Waals surface area contributed by atoms with Gasteiger partial charge in [-0.3, -0.25) is 9.59 Å². The Morgan fingerprint density at radius 2 is 1.09 bits per heavy atom. The molecule has 0 aliphatic carbocycles. The highest BCUT2D eigenvalue weighted by atomic mass is 16.3. The number of nitrogens with zero attached hydrogens (tertiary/aromatic N) is 4. The number of hydrogen-bond acceptors (Lipinski definition) is 5. The first-order valence-electron chi connectivity index (χ1n) is 11.1. The van der Waals surface area contributed by atoms with Gasteiger partial charge in [0.1, 0.15) is 5.75 Å². The van der Waals surface area contributed by atoms with Gasteiger partial charge in [-0.05, 0) is 55.8 Å². The Kier molecular flexibility index (Phi) is 5.45. The van der Waals surface area contributed by atoms with Crippen LogP contribution in [0, 0.1) is 11.8 Å². The molecule has 3 atom stereocenters. The van der Waals surface area contributed by atoms with E-state index in [0.29, 0.717) is 22.8 Å². The molecule has 3 aromatic rings. The second-order valence-electron chi connectivity index (χ2n) is 8.53. The largest absolute Gasteiger partial charge is 0.508 e. The minimum Gasteiger partial charge on any atom is -0.508 e. The highest BCUT2D eigenvalue weighted by Gasteiger charge is 2.50. The number of hydrazone groups is 2. The van der Waals surface area contributed by atoms with E-state index in [1.807, 2.05) is 74.5 Å². The van der Waals surface area contributed by atoms with E-state index in [1.54, 1.807) is 24.3 Å². The van der Waals surface area contributed by atoms with Crippen LogP contribution in [0.15, 0.2) is 95.1 Å². The van der Waals surface area contributed by atoms with Gasteiger partial charge in [-0.15, -0.1) is 0 Å². The van der Waals surface area contributed by atoms with Crippen LogP contribution in [-0.2, 0) is 9.59 Å². The number of rotatable bonds is 5. The second kappa shape index (κ2) is 8.59. The lowest BCUT2D eigenvalue weighted by Gasteiger charge is -2.28. The van der Waals surface area contributed by atoms with E-state index in [-0.39, 0.29) is 17.6 Å². The summed E-state index contributed by atoms with van der Waals surface area (Å²) in [6, 6.07) is 25.2. The molecule has 170 valence electrons. The van der Waals surface area contributed by atoms with Crippen LogP contribution in [0.4, 0.5) is 11.4 Å². The van der Waals surface area contributed by atoms with Gasteiger partial charge in [0.15, 0.2) is 0 Å². The first-order valence-corrected chi connectivity index (χ1v) is 11.1. The third-order valence-corrected chi connectivity index (χ3v) is 6.36. The molecule has 2 amide bonds. The van der Waals surface area contributed by atoms with Crippen molar-refractivity contribution in [1.29, 1.82) is 0 Å². The Morgan fingerprint density at radius 1 is 0.676 bits per heavy atom. The maximum absolute atomic E-state index is 13.7. The van der Waals surface area contributed by atoms with Crippen molar-refractivity contribution < 1.29 is 14.7 Å². The van der Waals surface area contributed by atoms with Crippen molar-refractivity contribution in [2.75, 3.05) is 10.0 Å². The van der Waals surface area contributed by atoms with E-state index in [4.69, 9.17) is 0 Å². The number of benzene rings is 3. The number of aromatic hydroxyl groups is 1. The van der Waals surface area contributed by atoms with Gasteiger partial charge in [-0.2, -0.15) is 10.2 Å². The Bertz CT molecular complexity index is 1210. The van der Waals surface area contributed by atoms with Crippen molar-refractivity contribution in [3.8, 4) is 5.75 Å². The zero-order valence-electron chi connectivity index (χ0n) is 18.9. The fourth-order valence-electron chi connectivity index (χ4n) is 4.77. The molecule has 0 fully saturated rings. The Morgan fingerprint density at radius 3 is 1.50 bits per heavy atom. The second-order valence-corrected chi connectivity index (χ2v) is 8.53. The van der Waals surface area contributed by atoms with Crippen LogP contribution < -0.4 is 10.0 Å². The van der Waals surface area contributed by atoms with Crippen LogP contribution in [0.2, 0.25) is 0 Å². The molecule has 2 aliphatic heterocycles. The van der Waals surface area contributed by atoms with Gasteiger partial charge in [0.25, 0.3) is 11.8 Å². The molecule has 7 heteroatoms. The van der Waals surface area contributed by atoms with Crippen molar-refractivity contribution in [1.82, 2.24) is 0 Å². The summed E-state index contributed by atoms with van der Waals surface area (Å²) in [6.45, 7) is 3.64. The number of carbonyl (C=O) groups excluding carboxylic acids is 2. The van der Waals surface area contributed by atoms with Crippen LogP contribution >= 0.6 is 0 Å². The summed E-state index contributed by atoms with van der Waals surface area (Å²) in [6.07, 6.45) is 0. The molecule has 0 saturated heterocycles. The van der Waals surface area contributed by atoms with Crippen molar-refractivity contribution >= 4 is 34.6 Å². The summed E-state index contributed by atoms with van der Waals surface area (Å²) < 4.78 is 0. The fourth-order valence-corrected chi connectivity index (χ4v) is 4.77. The molecule has 1 unspecified atom stereocenters. The van der Waals surface area contributed by atoms with Crippen molar-refractivity contribution in [2.45, 2.75) is 19.8 Å². The topological polar surface area (TPSA) is 85.6 Å². The monoisotopic (exact) mass is 452 g/mol. The molecule has 0 aromatic heterocycles. The first-order chi connectivity index (χ1) is 16.5. The van der Waals surface area contributed by atoms with Crippen molar-refractivity contribution in [2.24, 2.45) is 22.0 Å². The molecule has 0 bridgehead atoms. The molecular formula is C27H24N4O3. The zero-order valence-corrected chi connectivity index (χ0v) is 18.9. The van der Waals surface area contributed by atoms with E-state index in [2.05, 4.69) is 10.2 Å². The van der Waals surface area contributed by atoms with Crippen LogP contribution in [-0.4, -0.2) is 28.3 Å². The number of phenolic OH excluding ortho intramolecular Hbond substituents is 1. The maximum atomic E-state index is 13.7. The minimum absolute atomic E-state index is 0.116. The average Bonchev–Trinajstić information content (AvgIpc) is 3.32. The van der Waals surface area contributed by atoms with E-state index in [1.165, 1.54) is 10.0 Å². The first kappa shape index (κ1) is 21.6. The standard InChI is InChI=1S/C27H24N4O3/c1-17-23(26(33)30(28-17)20-9-5-3-6-10-20)25(19-13-15-22(32)16-14-19)24-18(2)29-31(27(24)34)21-11-7-4-8-12-21/h3-16,23-25,32H,1-2H3/t23-,24+,25?. The van der Waals surface area contributed by atoms with Gasteiger partial charge in [-0.1, -0.05) is 48.5 Å². The summed E-state index contributed by atoms with van der Waals surface area (Å²) in [5.41, 5.74) is 3.38. The zero-order chi connectivity index (χ0) is 23.8. The van der Waals surface area contributed by atoms with Gasteiger partial charge in [0.2, 0.25) is 0 Å². The van der Waals surface area contributed by atoms with Crippen molar-refractivity contribution in [3.63, 3.8) is 0 Å². The summed E-state index contributed by atoms with van der Waals surface area (Å²) >= 11 is 0. The Balaban J connectivity index is 1.57.